The van der Waals surface area contributed by atoms with Crippen LogP contribution in [0.1, 0.15) is 6.92 Å². The van der Waals surface area contributed by atoms with Gasteiger partial charge in [0, 0.05) is 19.6 Å². The summed E-state index contributed by atoms with van der Waals surface area (Å²) in [4.78, 5) is 32.8. The third kappa shape index (κ3) is 2.22. The number of carbonyl (C=O) groups excluding carboxylic acids is 1. The Balaban J connectivity index is 2.17. The van der Waals surface area contributed by atoms with Crippen molar-refractivity contribution in [2.24, 2.45) is 0 Å². The maximum absolute atomic E-state index is 11.7. The van der Waals surface area contributed by atoms with Crippen molar-refractivity contribution >= 4 is 17.5 Å². The molecule has 0 N–H and O–H groups in total. The Labute approximate surface area is 103 Å². The summed E-state index contributed by atoms with van der Waals surface area (Å²) in [6, 6.07) is 0.0602. The normalized spacial score (nSPS) is 20.1. The van der Waals surface area contributed by atoms with Crippen LogP contribution in [-0.4, -0.2) is 51.9 Å². The first-order chi connectivity index (χ1) is 8.49. The Morgan fingerprint density at radius 2 is 2.06 bits per heavy atom. The van der Waals surface area contributed by atoms with E-state index in [1.165, 1.54) is 0 Å². The second-order valence-electron chi connectivity index (χ2n) is 4.23. The molecule has 1 amide bonds. The number of piperazine rings is 1. The zero-order valence-electron chi connectivity index (χ0n) is 10.1. The van der Waals surface area contributed by atoms with Gasteiger partial charge in [0.15, 0.2) is 0 Å². The summed E-state index contributed by atoms with van der Waals surface area (Å²) in [7, 11) is 1.75. The van der Waals surface area contributed by atoms with Crippen LogP contribution in [0.4, 0.5) is 11.6 Å². The fraction of sp³-hybridized carbons (Fsp3) is 0.500. The molecule has 2 rings (SSSR count). The number of aromatic nitrogens is 2. The van der Waals surface area contributed by atoms with Crippen molar-refractivity contribution < 1.29 is 9.72 Å². The van der Waals surface area contributed by atoms with Gasteiger partial charge in [-0.25, -0.2) is 9.97 Å². The maximum Gasteiger partial charge on any atom is 0.305 e. The summed E-state index contributed by atoms with van der Waals surface area (Å²) in [5, 5.41) is 10.5. The lowest BCUT2D eigenvalue weighted by Gasteiger charge is -2.37. The number of nitrogens with zero attached hydrogens (tertiary/aromatic N) is 5. The molecule has 0 aromatic carbocycles. The summed E-state index contributed by atoms with van der Waals surface area (Å²) in [5.74, 6) is 0.324. The van der Waals surface area contributed by atoms with Gasteiger partial charge in [-0.15, -0.1) is 0 Å². The Bertz CT molecular complexity index is 475. The second-order valence-corrected chi connectivity index (χ2v) is 4.23. The molecular weight excluding hydrogens is 238 g/mol. The molecule has 0 spiro atoms. The van der Waals surface area contributed by atoms with Crippen molar-refractivity contribution in [3.05, 3.63) is 22.5 Å². The van der Waals surface area contributed by atoms with E-state index in [1.54, 1.807) is 16.8 Å². The fourth-order valence-electron chi connectivity index (χ4n) is 1.75. The van der Waals surface area contributed by atoms with Crippen molar-refractivity contribution in [2.75, 3.05) is 25.0 Å². The smallest absolute Gasteiger partial charge is 0.305 e. The van der Waals surface area contributed by atoms with Crippen molar-refractivity contribution in [2.45, 2.75) is 13.0 Å². The van der Waals surface area contributed by atoms with Gasteiger partial charge in [-0.1, -0.05) is 0 Å². The molecular formula is C10H13N5O3. The van der Waals surface area contributed by atoms with Crippen LogP contribution < -0.4 is 4.90 Å². The average Bonchev–Trinajstić information content (AvgIpc) is 2.35. The monoisotopic (exact) mass is 251 g/mol. The van der Waals surface area contributed by atoms with Gasteiger partial charge in [-0.2, -0.15) is 0 Å². The third-order valence-electron chi connectivity index (χ3n) is 2.98. The molecule has 1 aliphatic rings. The molecule has 1 aliphatic heterocycles. The van der Waals surface area contributed by atoms with Gasteiger partial charge in [0.1, 0.15) is 18.9 Å². The van der Waals surface area contributed by atoms with E-state index in [1.807, 2.05) is 6.92 Å². The lowest BCUT2D eigenvalue weighted by Crippen LogP contribution is -2.54. The second kappa shape index (κ2) is 4.55. The number of amides is 1. The molecule has 1 aromatic heterocycles. The minimum Gasteiger partial charge on any atom is -0.340 e. The van der Waals surface area contributed by atoms with Crippen LogP contribution in [0.5, 0.6) is 0 Å². The molecule has 0 bridgehead atoms. The molecule has 1 fully saturated rings. The summed E-state index contributed by atoms with van der Waals surface area (Å²) in [5.41, 5.74) is -0.160. The largest absolute Gasteiger partial charge is 0.340 e. The number of anilines is 1. The van der Waals surface area contributed by atoms with E-state index in [2.05, 4.69) is 9.97 Å². The number of nitro groups is 1. The van der Waals surface area contributed by atoms with E-state index in [4.69, 9.17) is 0 Å². The standard InChI is InChI=1S/C10H13N5O3/c1-7-5-14(6-9(16)13(7)2)10-11-3-8(4-12-10)15(17)18/h3-4,7H,5-6H2,1-2H3. The Kier molecular flexibility index (Phi) is 3.09. The van der Waals surface area contributed by atoms with E-state index in [-0.39, 0.29) is 24.2 Å². The highest BCUT2D eigenvalue weighted by atomic mass is 16.6. The Morgan fingerprint density at radius 1 is 1.44 bits per heavy atom. The average molecular weight is 251 g/mol. The topological polar surface area (TPSA) is 92.5 Å². The molecule has 0 radical (unpaired) electrons. The van der Waals surface area contributed by atoms with Crippen molar-refractivity contribution in [1.29, 1.82) is 0 Å². The molecule has 1 saturated heterocycles. The maximum atomic E-state index is 11.7. The number of hydrogen-bond acceptors (Lipinski definition) is 6. The molecule has 0 aliphatic carbocycles. The van der Waals surface area contributed by atoms with Crippen molar-refractivity contribution in [3.63, 3.8) is 0 Å². The molecule has 2 heterocycles. The molecule has 1 atom stereocenters. The molecule has 1 unspecified atom stereocenters. The van der Waals surface area contributed by atoms with Gasteiger partial charge in [0.25, 0.3) is 0 Å². The first-order valence-electron chi connectivity index (χ1n) is 5.46. The molecule has 8 heteroatoms. The molecule has 1 aromatic rings. The van der Waals surface area contributed by atoms with Crippen molar-refractivity contribution in [1.82, 2.24) is 14.9 Å². The molecule has 96 valence electrons. The number of likely N-dealkylation sites (N-methyl/N-ethyl adjacent to an activating group) is 1. The lowest BCUT2D eigenvalue weighted by molar-refractivity contribution is -0.385. The van der Waals surface area contributed by atoms with Crippen molar-refractivity contribution in [3.8, 4) is 0 Å². The summed E-state index contributed by atoms with van der Waals surface area (Å²) >= 11 is 0. The summed E-state index contributed by atoms with van der Waals surface area (Å²) in [6.45, 7) is 2.73. The zero-order chi connectivity index (χ0) is 13.3. The van der Waals surface area contributed by atoms with Gasteiger partial charge >= 0.3 is 5.69 Å². The van der Waals surface area contributed by atoms with Gasteiger partial charge in [0.05, 0.1) is 4.92 Å². The Morgan fingerprint density at radius 3 is 2.56 bits per heavy atom. The highest BCUT2D eigenvalue weighted by molar-refractivity contribution is 5.82. The number of carbonyl (C=O) groups is 1. The first kappa shape index (κ1) is 12.2. The van der Waals surface area contributed by atoms with Crippen LogP contribution >= 0.6 is 0 Å². The van der Waals surface area contributed by atoms with E-state index in [9.17, 15) is 14.9 Å². The van der Waals surface area contributed by atoms with E-state index < -0.39 is 4.92 Å². The SMILES string of the molecule is CC1CN(c2ncc([N+](=O)[O-])cn2)CC(=O)N1C. The fourth-order valence-corrected chi connectivity index (χ4v) is 1.75. The minimum atomic E-state index is -0.554. The quantitative estimate of drug-likeness (QED) is 0.544. The van der Waals surface area contributed by atoms with Gasteiger partial charge in [-0.3, -0.25) is 14.9 Å². The summed E-state index contributed by atoms with van der Waals surface area (Å²) < 4.78 is 0. The first-order valence-corrected chi connectivity index (χ1v) is 5.46. The van der Waals surface area contributed by atoms with Crippen LogP contribution in [0.3, 0.4) is 0 Å². The number of rotatable bonds is 2. The van der Waals surface area contributed by atoms with E-state index >= 15 is 0 Å². The van der Waals surface area contributed by atoms with Crippen LogP contribution in [0, 0.1) is 10.1 Å². The number of hydrogen-bond donors (Lipinski definition) is 0. The zero-order valence-corrected chi connectivity index (χ0v) is 10.1. The molecule has 0 saturated carbocycles. The lowest BCUT2D eigenvalue weighted by atomic mass is 10.2. The van der Waals surface area contributed by atoms with Gasteiger partial charge in [-0.05, 0) is 6.92 Å². The highest BCUT2D eigenvalue weighted by Gasteiger charge is 2.28. The predicted molar refractivity (Wildman–Crippen MR) is 63.1 cm³/mol. The molecule has 8 nitrogen and oxygen atoms in total. The van der Waals surface area contributed by atoms with Crippen LogP contribution in [0.15, 0.2) is 12.4 Å². The van der Waals surface area contributed by atoms with Gasteiger partial charge in [0.2, 0.25) is 11.9 Å². The van der Waals surface area contributed by atoms with Gasteiger partial charge < -0.3 is 9.80 Å². The van der Waals surface area contributed by atoms with E-state index in [0.29, 0.717) is 12.5 Å². The van der Waals surface area contributed by atoms with Crippen LogP contribution in [-0.2, 0) is 4.79 Å². The minimum absolute atomic E-state index is 0.0179. The predicted octanol–water partition coefficient (Wildman–Crippen LogP) is 0.0517. The molecule has 18 heavy (non-hydrogen) atoms. The van der Waals surface area contributed by atoms with Crippen LogP contribution in [0.25, 0.3) is 0 Å². The summed E-state index contributed by atoms with van der Waals surface area (Å²) in [6.07, 6.45) is 2.30. The Hall–Kier alpha value is -2.25. The highest BCUT2D eigenvalue weighted by Crippen LogP contribution is 2.16. The third-order valence-corrected chi connectivity index (χ3v) is 2.98. The van der Waals surface area contributed by atoms with E-state index in [0.717, 1.165) is 12.4 Å². The van der Waals surface area contributed by atoms with Crippen LogP contribution in [0.2, 0.25) is 0 Å².